The number of aromatic hydroxyl groups is 1. The lowest BCUT2D eigenvalue weighted by molar-refractivity contribution is -0.155. The van der Waals surface area contributed by atoms with Gasteiger partial charge in [0.15, 0.2) is 11.4 Å². The van der Waals surface area contributed by atoms with Crippen LogP contribution in [0.1, 0.15) is 76.8 Å². The highest BCUT2D eigenvalue weighted by Gasteiger charge is 2.64. The molecule has 0 bridgehead atoms. The van der Waals surface area contributed by atoms with E-state index in [1.807, 2.05) is 0 Å². The highest BCUT2D eigenvalue weighted by molar-refractivity contribution is 6.24. The smallest absolute Gasteiger partial charge is 0.413 e. The van der Waals surface area contributed by atoms with Gasteiger partial charge in [0, 0.05) is 43.2 Å². The summed E-state index contributed by atoms with van der Waals surface area (Å²) < 4.78 is 10.4. The molecule has 1 aromatic rings. The first kappa shape index (κ1) is 42.0. The van der Waals surface area contributed by atoms with Crippen LogP contribution in [0.4, 0.5) is 16.2 Å². The molecule has 4 aliphatic rings. The van der Waals surface area contributed by atoms with Gasteiger partial charge in [-0.15, -0.1) is 0 Å². The van der Waals surface area contributed by atoms with Crippen LogP contribution in [-0.2, 0) is 39.9 Å². The zero-order valence-corrected chi connectivity index (χ0v) is 32.9. The molecule has 56 heavy (non-hydrogen) atoms. The standard InChI is InChI=1S/C39H53N5O12/c1-38(2,3)44(37(53)56-18-55-26(46)13-19-11-9-8-10-12-19)17-25(45)41-23-16-24(42(4)5)21-14-20-15-22-30(43(6)7)33(49)29(36(40)52)35(51)39(22,54)34(50)27(20)32(48)28(21)31(23)47/h16,19-20,22,30,47-48,51,54H,8-15,17-18H2,1-7H3,(H2,40,52)(H,41,45)/t20-,22-,30-,39-/m0/s1. The van der Waals surface area contributed by atoms with Gasteiger partial charge in [-0.1, -0.05) is 19.3 Å². The first-order chi connectivity index (χ1) is 26.1. The second-order valence-corrected chi connectivity index (χ2v) is 16.6. The quantitative estimate of drug-likeness (QED) is 0.0865. The van der Waals surface area contributed by atoms with Crippen molar-refractivity contribution in [3.63, 3.8) is 0 Å². The van der Waals surface area contributed by atoms with Crippen LogP contribution >= 0.6 is 0 Å². The minimum atomic E-state index is -2.81. The molecule has 4 atom stereocenters. The Morgan fingerprint density at radius 3 is 2.21 bits per heavy atom. The Hall–Kier alpha value is -5.16. The van der Waals surface area contributed by atoms with Gasteiger partial charge in [0.25, 0.3) is 5.91 Å². The normalized spacial score (nSPS) is 23.9. The number of phenolic OH excluding ortho intramolecular Hbond substituents is 1. The van der Waals surface area contributed by atoms with E-state index in [4.69, 9.17) is 15.2 Å². The van der Waals surface area contributed by atoms with Crippen molar-refractivity contribution in [2.45, 2.75) is 89.3 Å². The second-order valence-electron chi connectivity index (χ2n) is 16.6. The fourth-order valence-corrected chi connectivity index (χ4v) is 8.60. The summed E-state index contributed by atoms with van der Waals surface area (Å²) in [5, 5.41) is 49.0. The summed E-state index contributed by atoms with van der Waals surface area (Å²) in [7, 11) is 6.42. The maximum atomic E-state index is 14.3. The number of rotatable bonds is 10. The number of anilines is 2. The van der Waals surface area contributed by atoms with Crippen LogP contribution in [0.3, 0.4) is 0 Å². The molecular formula is C39H53N5O12. The van der Waals surface area contributed by atoms with E-state index in [2.05, 4.69) is 5.32 Å². The zero-order chi connectivity index (χ0) is 41.6. The van der Waals surface area contributed by atoms with Crippen molar-refractivity contribution >= 4 is 52.6 Å². The van der Waals surface area contributed by atoms with E-state index in [9.17, 15) is 49.2 Å². The van der Waals surface area contributed by atoms with Crippen LogP contribution in [0.5, 0.6) is 5.75 Å². The molecule has 17 nitrogen and oxygen atoms in total. The van der Waals surface area contributed by atoms with Crippen molar-refractivity contribution in [2.75, 3.05) is 51.7 Å². The van der Waals surface area contributed by atoms with Crippen LogP contribution in [-0.4, -0.2) is 124 Å². The fourth-order valence-electron chi connectivity index (χ4n) is 8.60. The zero-order valence-electron chi connectivity index (χ0n) is 32.9. The van der Waals surface area contributed by atoms with E-state index in [1.165, 1.54) is 25.1 Å². The van der Waals surface area contributed by atoms with E-state index in [0.717, 1.165) is 37.0 Å². The molecule has 0 saturated heterocycles. The number of Topliss-reactive ketones (excluding diaryl/α,β-unsaturated/α-hetero) is 2. The van der Waals surface area contributed by atoms with Crippen molar-refractivity contribution in [1.29, 1.82) is 0 Å². The summed E-state index contributed by atoms with van der Waals surface area (Å²) in [5.74, 6) is -8.96. The largest absolute Gasteiger partial charge is 0.508 e. The Labute approximate surface area is 325 Å². The van der Waals surface area contributed by atoms with Gasteiger partial charge in [-0.2, -0.15) is 0 Å². The lowest BCUT2D eigenvalue weighted by atomic mass is 9.57. The number of carbonyl (C=O) groups is 6. The highest BCUT2D eigenvalue weighted by Crippen LogP contribution is 2.54. The molecule has 17 heteroatoms. The number of phenols is 1. The molecule has 3 amide bonds. The maximum absolute atomic E-state index is 14.3. The number of benzene rings is 1. The van der Waals surface area contributed by atoms with Crippen molar-refractivity contribution in [2.24, 2.45) is 23.5 Å². The number of primary amides is 1. The van der Waals surface area contributed by atoms with Crippen molar-refractivity contribution in [3.05, 3.63) is 34.1 Å². The highest BCUT2D eigenvalue weighted by atomic mass is 16.7. The molecule has 2 saturated carbocycles. The van der Waals surface area contributed by atoms with Gasteiger partial charge in [-0.3, -0.25) is 33.8 Å². The third-order valence-electron chi connectivity index (χ3n) is 11.4. The number of aliphatic hydroxyl groups is 3. The summed E-state index contributed by atoms with van der Waals surface area (Å²) in [4.78, 5) is 83.2. The average molecular weight is 784 g/mol. The van der Waals surface area contributed by atoms with Gasteiger partial charge in [-0.05, 0) is 84.0 Å². The maximum Gasteiger partial charge on any atom is 0.413 e. The SMILES string of the molecule is CN(C)c1cc(NC(=O)CN(C(=O)OCOC(=O)CC2CCCCC2)C(C)(C)C)c(O)c2c1C[C@H]1C[C@H]3[C@H](N(C)C)C(=O)C(C(N)=O)=C(O)[C@@]3(O)C(=O)C1=C2O. The molecule has 1 aromatic carbocycles. The number of aliphatic hydroxyl groups excluding tert-OH is 2. The van der Waals surface area contributed by atoms with Gasteiger partial charge in [0.2, 0.25) is 18.5 Å². The van der Waals surface area contributed by atoms with E-state index in [-0.39, 0.29) is 42.0 Å². The predicted octanol–water partition coefficient (Wildman–Crippen LogP) is 2.68. The average Bonchev–Trinajstić information content (AvgIpc) is 3.09. The molecule has 7 N–H and O–H groups in total. The van der Waals surface area contributed by atoms with Gasteiger partial charge in [0.05, 0.1) is 17.3 Å². The number of esters is 1. The van der Waals surface area contributed by atoms with Crippen LogP contribution in [0.15, 0.2) is 23.0 Å². The summed E-state index contributed by atoms with van der Waals surface area (Å²) in [6, 6.07) is 0.245. The summed E-state index contributed by atoms with van der Waals surface area (Å²) in [6.07, 6.45) is 4.41. The number of nitrogens with one attached hydrogen (secondary N) is 1. The van der Waals surface area contributed by atoms with Gasteiger partial charge >= 0.3 is 12.1 Å². The minimum absolute atomic E-state index is 0.0404. The molecule has 4 aliphatic carbocycles. The molecule has 0 heterocycles. The van der Waals surface area contributed by atoms with Crippen molar-refractivity contribution in [1.82, 2.24) is 9.80 Å². The lowest BCUT2D eigenvalue weighted by Crippen LogP contribution is -2.65. The molecule has 0 aliphatic heterocycles. The number of nitrogens with two attached hydrogens (primary N) is 1. The monoisotopic (exact) mass is 783 g/mol. The summed E-state index contributed by atoms with van der Waals surface area (Å²) in [5.41, 5.74) is 0.826. The third-order valence-corrected chi connectivity index (χ3v) is 11.4. The Kier molecular flexibility index (Phi) is 11.8. The van der Waals surface area contributed by atoms with Crippen LogP contribution in [0.25, 0.3) is 5.76 Å². The molecule has 0 unspecified atom stereocenters. The van der Waals surface area contributed by atoms with E-state index >= 15 is 0 Å². The van der Waals surface area contributed by atoms with Crippen molar-refractivity contribution < 1.29 is 58.7 Å². The first-order valence-electron chi connectivity index (χ1n) is 18.7. The topological polar surface area (TPSA) is 250 Å². The Bertz CT molecular complexity index is 1890. The van der Waals surface area contributed by atoms with Gasteiger partial charge in [-0.25, -0.2) is 4.79 Å². The Morgan fingerprint density at radius 2 is 1.64 bits per heavy atom. The van der Waals surface area contributed by atoms with Gasteiger partial charge in [0.1, 0.15) is 29.4 Å². The van der Waals surface area contributed by atoms with E-state index < -0.39 is 101 Å². The summed E-state index contributed by atoms with van der Waals surface area (Å²) >= 11 is 0. The number of likely N-dealkylation sites (N-methyl/N-ethyl adjacent to an activating group) is 1. The van der Waals surface area contributed by atoms with Gasteiger partial charge < -0.3 is 45.9 Å². The molecular weight excluding hydrogens is 730 g/mol. The van der Waals surface area contributed by atoms with Crippen LogP contribution < -0.4 is 16.0 Å². The first-order valence-corrected chi connectivity index (χ1v) is 18.7. The van der Waals surface area contributed by atoms with Crippen molar-refractivity contribution in [3.8, 4) is 5.75 Å². The molecule has 2 fully saturated rings. The number of ketones is 2. The molecule has 0 aromatic heterocycles. The number of hydrogen-bond acceptors (Lipinski definition) is 14. The number of ether oxygens (including phenoxy) is 2. The molecule has 5 rings (SSSR count). The Balaban J connectivity index is 1.42. The minimum Gasteiger partial charge on any atom is -0.508 e. The number of carbonyl (C=O) groups excluding carboxylic acids is 6. The van der Waals surface area contributed by atoms with Crippen LogP contribution in [0.2, 0.25) is 0 Å². The van der Waals surface area contributed by atoms with E-state index in [1.54, 1.807) is 39.8 Å². The second kappa shape index (κ2) is 15.8. The Morgan fingerprint density at radius 1 is 1.00 bits per heavy atom. The molecule has 0 radical (unpaired) electrons. The number of fused-ring (bicyclic) bond motifs is 3. The number of nitrogens with zero attached hydrogens (tertiary/aromatic N) is 3. The van der Waals surface area contributed by atoms with Crippen LogP contribution in [0, 0.1) is 17.8 Å². The molecule has 0 spiro atoms. The predicted molar refractivity (Wildman–Crippen MR) is 202 cm³/mol. The number of hydrogen-bond donors (Lipinski definition) is 6. The van der Waals surface area contributed by atoms with E-state index in [0.29, 0.717) is 11.3 Å². The molecule has 306 valence electrons. The lowest BCUT2D eigenvalue weighted by Gasteiger charge is -2.50. The number of amides is 3. The third kappa shape index (κ3) is 7.65. The summed E-state index contributed by atoms with van der Waals surface area (Å²) in [6.45, 7) is 3.80. The fraction of sp³-hybridized carbons (Fsp3) is 0.590.